The summed E-state index contributed by atoms with van der Waals surface area (Å²) in [4.78, 5) is 5.44. The Labute approximate surface area is 397 Å². The molecule has 4 aliphatic rings. The van der Waals surface area contributed by atoms with Gasteiger partial charge in [0.15, 0.2) is 0 Å². The topological polar surface area (TPSA) is 6.48 Å². The Morgan fingerprint density at radius 3 is 1.67 bits per heavy atom. The second-order valence-corrected chi connectivity index (χ2v) is 25.1. The summed E-state index contributed by atoms with van der Waals surface area (Å²) >= 11 is 1.92. The molecule has 4 heteroatoms. The normalized spacial score (nSPS) is 18.2. The van der Waals surface area contributed by atoms with Gasteiger partial charge in [-0.3, -0.25) is 0 Å². The van der Waals surface area contributed by atoms with Gasteiger partial charge in [0, 0.05) is 48.6 Å². The van der Waals surface area contributed by atoms with E-state index in [1.165, 1.54) is 128 Å². The van der Waals surface area contributed by atoms with Crippen LogP contribution in [0.3, 0.4) is 0 Å². The van der Waals surface area contributed by atoms with Crippen molar-refractivity contribution in [2.24, 2.45) is 0 Å². The predicted octanol–water partition coefficient (Wildman–Crippen LogP) is 15.7. The monoisotopic (exact) mass is 878 g/mol. The van der Waals surface area contributed by atoms with Crippen molar-refractivity contribution >= 4 is 88.7 Å². The summed E-state index contributed by atoms with van der Waals surface area (Å²) in [7, 11) is 0. The summed E-state index contributed by atoms with van der Waals surface area (Å²) < 4.78 is 2.67. The standard InChI is InChI=1S/C62H63BN2S/c1-37-25-26-39(38-19-14-13-15-20-38)29-49(37)65-51-35-45-43(61(9,10)36-62(45,11)12)33-47(51)63-46-32-42-44(60(7,8)28-27-59(42,5)6)34-50(46)64(52-30-40(58(2,3)4)31-53(65)57(52)63)48-22-18-24-55-56(48)41-21-16-17-23-54(41)66-55/h13-26,29-35H,27-28,36H2,1-12H3. The Morgan fingerprint density at radius 1 is 0.485 bits per heavy atom. The van der Waals surface area contributed by atoms with Crippen LogP contribution in [-0.2, 0) is 27.1 Å². The highest BCUT2D eigenvalue weighted by Gasteiger charge is 2.50. The van der Waals surface area contributed by atoms with Crippen LogP contribution in [0, 0.1) is 6.92 Å². The molecule has 2 aliphatic carbocycles. The molecule has 66 heavy (non-hydrogen) atoms. The van der Waals surface area contributed by atoms with Crippen molar-refractivity contribution in [2.45, 2.75) is 129 Å². The van der Waals surface area contributed by atoms with Gasteiger partial charge in [0.2, 0.25) is 0 Å². The first-order valence-corrected chi connectivity index (χ1v) is 25.3. The number of thiophene rings is 1. The van der Waals surface area contributed by atoms with Crippen LogP contribution in [0.25, 0.3) is 31.3 Å². The zero-order chi connectivity index (χ0) is 46.0. The van der Waals surface area contributed by atoms with E-state index in [1.807, 2.05) is 11.3 Å². The van der Waals surface area contributed by atoms with Crippen LogP contribution < -0.4 is 26.2 Å². The Bertz CT molecular complexity index is 3360. The maximum absolute atomic E-state index is 2.73. The van der Waals surface area contributed by atoms with Gasteiger partial charge in [0.1, 0.15) is 0 Å². The van der Waals surface area contributed by atoms with Gasteiger partial charge in [-0.2, -0.15) is 0 Å². The van der Waals surface area contributed by atoms with Gasteiger partial charge >= 0.3 is 0 Å². The van der Waals surface area contributed by atoms with Crippen molar-refractivity contribution in [3.63, 3.8) is 0 Å². The number of anilines is 6. The van der Waals surface area contributed by atoms with Crippen LogP contribution in [0.2, 0.25) is 0 Å². The third-order valence-corrected chi connectivity index (χ3v) is 17.7. The van der Waals surface area contributed by atoms with E-state index in [-0.39, 0.29) is 33.8 Å². The molecule has 0 spiro atoms. The SMILES string of the molecule is Cc1ccc(-c2ccccc2)cc1N1c2cc3c(cc2B2c4cc5c(cc4N(c4cccc6sc7ccccc7c46)c4cc(C(C)(C)C)cc1c42)C(C)(C)CCC5(C)C)C(C)(C)CC3(C)C. The van der Waals surface area contributed by atoms with Crippen molar-refractivity contribution in [2.75, 3.05) is 9.80 Å². The quantitative estimate of drug-likeness (QED) is 0.163. The lowest BCUT2D eigenvalue weighted by molar-refractivity contribution is 0.332. The second-order valence-electron chi connectivity index (χ2n) is 24.0. The minimum absolute atomic E-state index is 0.0357. The smallest absolute Gasteiger partial charge is 0.252 e. The van der Waals surface area contributed by atoms with Crippen LogP contribution in [0.1, 0.15) is 129 Å². The lowest BCUT2D eigenvalue weighted by atomic mass is 9.32. The Kier molecular flexibility index (Phi) is 8.72. The maximum Gasteiger partial charge on any atom is 0.252 e. The molecule has 0 unspecified atom stereocenters. The van der Waals surface area contributed by atoms with E-state index < -0.39 is 0 Å². The van der Waals surface area contributed by atoms with Gasteiger partial charge in [0.05, 0.1) is 5.69 Å². The summed E-state index contributed by atoms with van der Waals surface area (Å²) in [6.45, 7) is 29.4. The first-order valence-electron chi connectivity index (χ1n) is 24.5. The number of benzene rings is 7. The summed E-state index contributed by atoms with van der Waals surface area (Å²) in [5.74, 6) is 0. The Morgan fingerprint density at radius 2 is 1.03 bits per heavy atom. The van der Waals surface area contributed by atoms with Crippen molar-refractivity contribution < 1.29 is 0 Å². The average molecular weight is 879 g/mol. The fourth-order valence-corrected chi connectivity index (χ4v) is 14.2. The van der Waals surface area contributed by atoms with Gasteiger partial charge in [-0.15, -0.1) is 11.3 Å². The molecule has 0 atom stereocenters. The van der Waals surface area contributed by atoms with E-state index in [4.69, 9.17) is 0 Å². The van der Waals surface area contributed by atoms with E-state index in [2.05, 4.69) is 220 Å². The lowest BCUT2D eigenvalue weighted by Gasteiger charge is -2.48. The van der Waals surface area contributed by atoms with Crippen LogP contribution in [-0.4, -0.2) is 6.71 Å². The van der Waals surface area contributed by atoms with Gasteiger partial charge in [0.25, 0.3) is 6.71 Å². The molecular formula is C62H63BN2S. The number of aryl methyl sites for hydroxylation is 1. The number of hydrogen-bond donors (Lipinski definition) is 0. The van der Waals surface area contributed by atoms with Crippen molar-refractivity contribution in [1.29, 1.82) is 0 Å². The maximum atomic E-state index is 2.73. The van der Waals surface area contributed by atoms with Crippen LogP contribution >= 0.6 is 11.3 Å². The summed E-state index contributed by atoms with van der Waals surface area (Å²) in [5.41, 5.74) is 23.2. The molecule has 330 valence electrons. The van der Waals surface area contributed by atoms with Crippen LogP contribution in [0.5, 0.6) is 0 Å². The molecule has 1 aromatic heterocycles. The molecule has 3 heterocycles. The molecule has 12 rings (SSSR count). The molecular weight excluding hydrogens is 816 g/mol. The zero-order valence-corrected chi connectivity index (χ0v) is 41.9. The first kappa shape index (κ1) is 41.8. The molecule has 0 bridgehead atoms. The molecule has 0 amide bonds. The van der Waals surface area contributed by atoms with Crippen LogP contribution in [0.4, 0.5) is 34.1 Å². The molecule has 0 N–H and O–H groups in total. The largest absolute Gasteiger partial charge is 0.311 e. The fraction of sp³-hybridized carbons (Fsp3) is 0.323. The molecule has 7 aromatic carbocycles. The van der Waals surface area contributed by atoms with Crippen molar-refractivity contribution in [1.82, 2.24) is 0 Å². The number of fused-ring (bicyclic) bond motifs is 9. The van der Waals surface area contributed by atoms with Gasteiger partial charge in [-0.1, -0.05) is 155 Å². The van der Waals surface area contributed by atoms with Gasteiger partial charge in [-0.25, -0.2) is 0 Å². The highest BCUT2D eigenvalue weighted by atomic mass is 32.1. The second kappa shape index (κ2) is 13.8. The average Bonchev–Trinajstić information content (AvgIpc) is 3.74. The molecule has 0 saturated carbocycles. The van der Waals surface area contributed by atoms with E-state index in [0.717, 1.165) is 6.42 Å². The first-order chi connectivity index (χ1) is 31.2. The summed E-state index contributed by atoms with van der Waals surface area (Å²) in [5, 5.41) is 2.67. The Hall–Kier alpha value is -5.58. The molecule has 0 saturated heterocycles. The van der Waals surface area contributed by atoms with Crippen molar-refractivity contribution in [3.8, 4) is 11.1 Å². The van der Waals surface area contributed by atoms with Gasteiger partial charge in [-0.05, 0) is 163 Å². The fourth-order valence-electron chi connectivity index (χ4n) is 13.1. The minimum atomic E-state index is -0.118. The Balaban J connectivity index is 1.27. The summed E-state index contributed by atoms with van der Waals surface area (Å²) in [6, 6.07) is 50.1. The number of hydrogen-bond acceptors (Lipinski definition) is 3. The van der Waals surface area contributed by atoms with E-state index in [0.29, 0.717) is 0 Å². The van der Waals surface area contributed by atoms with Gasteiger partial charge < -0.3 is 9.80 Å². The molecule has 2 nitrogen and oxygen atoms in total. The highest BCUT2D eigenvalue weighted by Crippen LogP contribution is 2.55. The predicted molar refractivity (Wildman–Crippen MR) is 288 cm³/mol. The van der Waals surface area contributed by atoms with E-state index in [1.54, 1.807) is 0 Å². The molecule has 0 radical (unpaired) electrons. The molecule has 8 aromatic rings. The van der Waals surface area contributed by atoms with E-state index in [9.17, 15) is 0 Å². The molecule has 0 fully saturated rings. The van der Waals surface area contributed by atoms with Crippen LogP contribution in [0.15, 0.2) is 127 Å². The zero-order valence-electron chi connectivity index (χ0n) is 41.1. The lowest BCUT2D eigenvalue weighted by Crippen LogP contribution is -2.62. The molecule has 2 aliphatic heterocycles. The number of rotatable bonds is 3. The third kappa shape index (κ3) is 5.98. The van der Waals surface area contributed by atoms with E-state index >= 15 is 0 Å². The van der Waals surface area contributed by atoms with Crippen molar-refractivity contribution in [3.05, 3.63) is 161 Å². The minimum Gasteiger partial charge on any atom is -0.311 e. The summed E-state index contributed by atoms with van der Waals surface area (Å²) in [6.07, 6.45) is 3.47. The third-order valence-electron chi connectivity index (χ3n) is 16.6. The highest BCUT2D eigenvalue weighted by molar-refractivity contribution is 7.26. The number of nitrogens with zero attached hydrogens (tertiary/aromatic N) is 2.